The van der Waals surface area contributed by atoms with Crippen molar-refractivity contribution < 1.29 is 4.79 Å². The van der Waals surface area contributed by atoms with Gasteiger partial charge < -0.3 is 4.79 Å². The summed E-state index contributed by atoms with van der Waals surface area (Å²) in [6, 6.07) is 0. The van der Waals surface area contributed by atoms with Crippen molar-refractivity contribution in [3.8, 4) is 0 Å². The van der Waals surface area contributed by atoms with Crippen LogP contribution in [0.25, 0.3) is 0 Å². The maximum Gasteiger partial charge on any atom is 0.146 e. The van der Waals surface area contributed by atoms with Gasteiger partial charge >= 0.3 is 0 Å². The largest absolute Gasteiger partial charge is 0.302 e. The molecule has 3 heteroatoms. The molecule has 0 saturated carbocycles. The second-order valence-corrected chi connectivity index (χ2v) is 7.19. The van der Waals surface area contributed by atoms with E-state index in [0.29, 0.717) is 6.54 Å². The van der Waals surface area contributed by atoms with Crippen molar-refractivity contribution in [2.45, 2.75) is 69.3 Å². The van der Waals surface area contributed by atoms with Crippen LogP contribution in [-0.4, -0.2) is 37.5 Å². The van der Waals surface area contributed by atoms with Gasteiger partial charge in [0, 0.05) is 0 Å². The number of carbonyl (C=O) groups excluding carboxylic acids is 1. The summed E-state index contributed by atoms with van der Waals surface area (Å²) in [6.45, 7) is 4.03. The first-order chi connectivity index (χ1) is 9.36. The van der Waals surface area contributed by atoms with E-state index in [9.17, 15) is 4.79 Å². The molecule has 2 bridgehead atoms. The normalized spacial score (nSPS) is 33.4. The highest BCUT2D eigenvalue weighted by Gasteiger charge is 2.40. The fraction of sp³-hybridized carbons (Fsp3) is 0.938. The second kappa shape index (κ2) is 6.43. The molecule has 106 valence electrons. The number of carbonyl (C=O) groups is 1. The number of fused-ring (bicyclic) bond motifs is 2. The van der Waals surface area contributed by atoms with Crippen molar-refractivity contribution in [3.63, 3.8) is 0 Å². The Bertz CT molecular complexity index is 279. The predicted octanol–water partition coefficient (Wildman–Crippen LogP) is 3.50. The second-order valence-electron chi connectivity index (χ2n) is 7.19. The van der Waals surface area contributed by atoms with E-state index in [1.807, 2.05) is 0 Å². The summed E-state index contributed by atoms with van der Waals surface area (Å²) in [6.07, 6.45) is 14.3. The van der Waals surface area contributed by atoms with Crippen LogP contribution >= 0.6 is 0 Å². The third kappa shape index (κ3) is 3.24. The summed E-state index contributed by atoms with van der Waals surface area (Å²) < 4.78 is 0. The minimum Gasteiger partial charge on any atom is -0.302 e. The van der Waals surface area contributed by atoms with E-state index in [2.05, 4.69) is 4.90 Å². The zero-order valence-electron chi connectivity index (χ0n) is 12.2. The smallest absolute Gasteiger partial charge is 0.146 e. The van der Waals surface area contributed by atoms with Crippen LogP contribution in [0.15, 0.2) is 0 Å². The van der Waals surface area contributed by atoms with Crippen molar-refractivity contribution in [1.29, 1.82) is 0 Å². The predicted molar refractivity (Wildman–Crippen MR) is 81.0 cm³/mol. The molecule has 19 heavy (non-hydrogen) atoms. The lowest BCUT2D eigenvalue weighted by molar-refractivity contribution is -0.109. The average molecular weight is 261 g/mol. The molecule has 0 radical (unpaired) electrons. The Morgan fingerprint density at radius 2 is 1.53 bits per heavy atom. The van der Waals surface area contributed by atoms with E-state index in [-0.39, 0.29) is 0 Å². The van der Waals surface area contributed by atoms with Crippen LogP contribution in [0.2, 0.25) is 18.0 Å². The van der Waals surface area contributed by atoms with Gasteiger partial charge in [0.05, 0.1) is 6.54 Å². The highest BCUT2D eigenvalue weighted by Crippen LogP contribution is 2.49. The molecule has 0 N–H and O–H groups in total. The first kappa shape index (κ1) is 13.7. The Labute approximate surface area is 118 Å². The van der Waals surface area contributed by atoms with Crippen LogP contribution < -0.4 is 0 Å². The molecule has 0 aromatic rings. The van der Waals surface area contributed by atoms with Gasteiger partial charge in [0.1, 0.15) is 13.0 Å². The van der Waals surface area contributed by atoms with E-state index in [1.54, 1.807) is 0 Å². The summed E-state index contributed by atoms with van der Waals surface area (Å²) in [5, 5.41) is 0. The third-order valence-electron chi connectivity index (χ3n) is 6.16. The molecule has 0 amide bonds. The topological polar surface area (TPSA) is 20.3 Å². The van der Waals surface area contributed by atoms with Gasteiger partial charge in [-0.25, -0.2) is 0 Å². The molecule has 3 rings (SSSR count). The molecule has 0 unspecified atom stereocenters. The van der Waals surface area contributed by atoms with E-state index in [0.717, 1.165) is 43.6 Å². The molecular formula is C16H28BNO. The molecule has 0 aromatic carbocycles. The first-order valence-corrected chi connectivity index (χ1v) is 8.53. The lowest BCUT2D eigenvalue weighted by atomic mass is 9.25. The number of piperidine rings is 1. The minimum atomic E-state index is 0.654. The molecule has 0 aliphatic carbocycles. The van der Waals surface area contributed by atoms with Gasteiger partial charge in [0.25, 0.3) is 0 Å². The maximum absolute atomic E-state index is 10.6. The lowest BCUT2D eigenvalue weighted by Gasteiger charge is -2.43. The van der Waals surface area contributed by atoms with Crippen LogP contribution in [0.5, 0.6) is 0 Å². The van der Waals surface area contributed by atoms with Crippen molar-refractivity contribution in [1.82, 2.24) is 4.90 Å². The van der Waals surface area contributed by atoms with Gasteiger partial charge in [0.15, 0.2) is 0 Å². The van der Waals surface area contributed by atoms with Gasteiger partial charge in [-0.3, -0.25) is 4.90 Å². The van der Waals surface area contributed by atoms with E-state index < -0.39 is 0 Å². The highest BCUT2D eigenvalue weighted by molar-refractivity contribution is 6.62. The molecule has 0 aromatic heterocycles. The van der Waals surface area contributed by atoms with E-state index in [4.69, 9.17) is 0 Å². The van der Waals surface area contributed by atoms with Crippen molar-refractivity contribution in [2.24, 2.45) is 5.92 Å². The number of hydrogen-bond acceptors (Lipinski definition) is 2. The lowest BCUT2D eigenvalue weighted by Crippen LogP contribution is -2.40. The van der Waals surface area contributed by atoms with Gasteiger partial charge in [-0.05, 0) is 31.8 Å². The molecule has 3 saturated heterocycles. The van der Waals surface area contributed by atoms with Crippen molar-refractivity contribution in [2.75, 3.05) is 19.6 Å². The monoisotopic (exact) mass is 261 g/mol. The third-order valence-corrected chi connectivity index (χ3v) is 6.16. The number of hydrogen-bond donors (Lipinski definition) is 0. The van der Waals surface area contributed by atoms with Crippen LogP contribution in [0.4, 0.5) is 0 Å². The van der Waals surface area contributed by atoms with Gasteiger partial charge in [-0.1, -0.05) is 56.5 Å². The van der Waals surface area contributed by atoms with Crippen LogP contribution in [-0.2, 0) is 4.79 Å². The molecule has 3 aliphatic heterocycles. The van der Waals surface area contributed by atoms with Crippen molar-refractivity contribution in [3.05, 3.63) is 0 Å². The summed E-state index contributed by atoms with van der Waals surface area (Å²) in [5.41, 5.74) is 0. The summed E-state index contributed by atoms with van der Waals surface area (Å²) in [7, 11) is 0. The van der Waals surface area contributed by atoms with Gasteiger partial charge in [-0.15, -0.1) is 0 Å². The SMILES string of the molecule is O=CCN1CCC(CB2C3CCCC2CCC3)CC1. The first-order valence-electron chi connectivity index (χ1n) is 8.53. The fourth-order valence-electron chi connectivity index (χ4n) is 5.09. The highest BCUT2D eigenvalue weighted by atomic mass is 16.1. The Morgan fingerprint density at radius 3 is 2.05 bits per heavy atom. The number of likely N-dealkylation sites (tertiary alicyclic amines) is 1. The zero-order chi connectivity index (χ0) is 13.1. The number of rotatable bonds is 4. The average Bonchev–Trinajstić information content (AvgIpc) is 2.41. The number of aldehydes is 1. The van der Waals surface area contributed by atoms with E-state index in [1.165, 1.54) is 57.7 Å². The minimum absolute atomic E-state index is 0.654. The summed E-state index contributed by atoms with van der Waals surface area (Å²) in [5.74, 6) is 3.09. The Hall–Kier alpha value is -0.305. The molecule has 3 fully saturated rings. The quantitative estimate of drug-likeness (QED) is 0.570. The standard InChI is InChI=1S/C16H28BNO/c19-12-11-18-9-7-14(8-10-18)13-17-15-3-1-4-16(17)6-2-5-15/h12,14-16H,1-11,13H2. The molecular weight excluding hydrogens is 233 g/mol. The summed E-state index contributed by atoms with van der Waals surface area (Å²) >= 11 is 0. The molecule has 3 heterocycles. The molecule has 3 aliphatic rings. The van der Waals surface area contributed by atoms with Crippen molar-refractivity contribution >= 4 is 13.0 Å². The summed E-state index contributed by atoms with van der Waals surface area (Å²) in [4.78, 5) is 12.9. The zero-order valence-corrected chi connectivity index (χ0v) is 12.2. The maximum atomic E-state index is 10.6. The van der Waals surface area contributed by atoms with E-state index >= 15 is 0 Å². The number of nitrogens with zero attached hydrogens (tertiary/aromatic N) is 1. The Morgan fingerprint density at radius 1 is 0.947 bits per heavy atom. The Kier molecular flexibility index (Phi) is 4.63. The molecule has 0 spiro atoms. The molecule has 2 nitrogen and oxygen atoms in total. The Balaban J connectivity index is 1.50. The molecule has 0 atom stereocenters. The van der Waals surface area contributed by atoms with Crippen LogP contribution in [0.3, 0.4) is 0 Å². The fourth-order valence-corrected chi connectivity index (χ4v) is 5.09. The van der Waals surface area contributed by atoms with Gasteiger partial charge in [0.2, 0.25) is 0 Å². The van der Waals surface area contributed by atoms with Crippen LogP contribution in [0, 0.1) is 5.92 Å². The van der Waals surface area contributed by atoms with Gasteiger partial charge in [-0.2, -0.15) is 0 Å². The van der Waals surface area contributed by atoms with Crippen LogP contribution in [0.1, 0.15) is 51.4 Å².